The number of thioether (sulfide) groups is 1. The summed E-state index contributed by atoms with van der Waals surface area (Å²) in [5.41, 5.74) is 0.808. The standard InChI is InChI=1S/C14H16N4O3S/c1-9(2)15-13(20)16-11(19)8-22-14-18-17-12(21-14)10-6-4-3-5-7-10/h3-7,9H,8H2,1-2H3,(H2,15,16,19,20). The smallest absolute Gasteiger partial charge is 0.321 e. The Bertz CT molecular complexity index is 643. The van der Waals surface area contributed by atoms with Gasteiger partial charge in [-0.15, -0.1) is 10.2 Å². The van der Waals surface area contributed by atoms with E-state index in [1.165, 1.54) is 0 Å². The predicted octanol–water partition coefficient (Wildman–Crippen LogP) is 2.06. The molecule has 0 aliphatic rings. The van der Waals surface area contributed by atoms with E-state index in [2.05, 4.69) is 20.8 Å². The van der Waals surface area contributed by atoms with E-state index in [1.54, 1.807) is 0 Å². The Hall–Kier alpha value is -2.35. The Morgan fingerprint density at radius 1 is 1.23 bits per heavy atom. The molecule has 2 N–H and O–H groups in total. The highest BCUT2D eigenvalue weighted by Crippen LogP contribution is 2.22. The maximum atomic E-state index is 11.6. The summed E-state index contributed by atoms with van der Waals surface area (Å²) in [5.74, 6) is -0.0225. The quantitative estimate of drug-likeness (QED) is 0.819. The highest BCUT2D eigenvalue weighted by atomic mass is 32.2. The summed E-state index contributed by atoms with van der Waals surface area (Å²) in [6.45, 7) is 3.62. The first kappa shape index (κ1) is 16.0. The molecule has 0 aliphatic carbocycles. The molecule has 1 aromatic carbocycles. The molecule has 0 bridgehead atoms. The highest BCUT2D eigenvalue weighted by Gasteiger charge is 2.13. The summed E-state index contributed by atoms with van der Waals surface area (Å²) in [4.78, 5) is 23.0. The average molecular weight is 320 g/mol. The molecule has 3 amide bonds. The van der Waals surface area contributed by atoms with Gasteiger partial charge in [-0.3, -0.25) is 10.1 Å². The van der Waals surface area contributed by atoms with Crippen LogP contribution in [0, 0.1) is 0 Å². The number of nitrogens with zero attached hydrogens (tertiary/aromatic N) is 2. The molecule has 1 heterocycles. The van der Waals surface area contributed by atoms with Gasteiger partial charge in [0, 0.05) is 11.6 Å². The SMILES string of the molecule is CC(C)NC(=O)NC(=O)CSc1nnc(-c2ccccc2)o1. The van der Waals surface area contributed by atoms with Crippen LogP contribution in [0.1, 0.15) is 13.8 Å². The second-order valence-corrected chi connectivity index (χ2v) is 5.63. The van der Waals surface area contributed by atoms with Gasteiger partial charge in [-0.05, 0) is 26.0 Å². The van der Waals surface area contributed by atoms with Gasteiger partial charge in [0.15, 0.2) is 0 Å². The van der Waals surface area contributed by atoms with Crippen LogP contribution in [0.25, 0.3) is 11.5 Å². The normalized spacial score (nSPS) is 10.5. The average Bonchev–Trinajstić information content (AvgIpc) is 2.94. The number of aromatic nitrogens is 2. The Kier molecular flexibility index (Phi) is 5.54. The number of hydrogen-bond donors (Lipinski definition) is 2. The Labute approximate surface area is 131 Å². The van der Waals surface area contributed by atoms with Gasteiger partial charge >= 0.3 is 6.03 Å². The third-order valence-electron chi connectivity index (χ3n) is 2.43. The molecule has 2 aromatic rings. The van der Waals surface area contributed by atoms with Crippen molar-refractivity contribution in [2.75, 3.05) is 5.75 Å². The van der Waals surface area contributed by atoms with E-state index in [0.717, 1.165) is 17.3 Å². The largest absolute Gasteiger partial charge is 0.411 e. The summed E-state index contributed by atoms with van der Waals surface area (Å²) in [6.07, 6.45) is 0. The number of imide groups is 1. The van der Waals surface area contributed by atoms with Crippen LogP contribution in [0.15, 0.2) is 40.0 Å². The first-order valence-electron chi connectivity index (χ1n) is 6.66. The van der Waals surface area contributed by atoms with Crippen LogP contribution >= 0.6 is 11.8 Å². The maximum absolute atomic E-state index is 11.6. The number of rotatable bonds is 5. The van der Waals surface area contributed by atoms with Crippen molar-refractivity contribution in [2.45, 2.75) is 25.1 Å². The van der Waals surface area contributed by atoms with Gasteiger partial charge in [0.25, 0.3) is 5.22 Å². The number of amides is 3. The van der Waals surface area contributed by atoms with Crippen LogP contribution in [0.3, 0.4) is 0 Å². The van der Waals surface area contributed by atoms with E-state index >= 15 is 0 Å². The van der Waals surface area contributed by atoms with Crippen LogP contribution in [0.2, 0.25) is 0 Å². The summed E-state index contributed by atoms with van der Waals surface area (Å²) < 4.78 is 5.45. The van der Waals surface area contributed by atoms with Crippen LogP contribution in [0.4, 0.5) is 4.79 Å². The molecule has 0 radical (unpaired) electrons. The van der Waals surface area contributed by atoms with Crippen molar-refractivity contribution in [1.29, 1.82) is 0 Å². The molecule has 1 aromatic heterocycles. The highest BCUT2D eigenvalue weighted by molar-refractivity contribution is 7.99. The Morgan fingerprint density at radius 3 is 2.64 bits per heavy atom. The molecule has 7 nitrogen and oxygen atoms in total. The Morgan fingerprint density at radius 2 is 1.95 bits per heavy atom. The van der Waals surface area contributed by atoms with Crippen LogP contribution in [0.5, 0.6) is 0 Å². The van der Waals surface area contributed by atoms with Crippen molar-refractivity contribution in [3.05, 3.63) is 30.3 Å². The fraction of sp³-hybridized carbons (Fsp3) is 0.286. The van der Waals surface area contributed by atoms with Gasteiger partial charge in [0.2, 0.25) is 11.8 Å². The zero-order valence-electron chi connectivity index (χ0n) is 12.2. The van der Waals surface area contributed by atoms with Gasteiger partial charge in [-0.2, -0.15) is 0 Å². The summed E-state index contributed by atoms with van der Waals surface area (Å²) in [7, 11) is 0. The lowest BCUT2D eigenvalue weighted by Crippen LogP contribution is -2.43. The van der Waals surface area contributed by atoms with Gasteiger partial charge < -0.3 is 9.73 Å². The minimum absolute atomic E-state index is 0.0158. The molecule has 0 fully saturated rings. The van der Waals surface area contributed by atoms with Crippen molar-refractivity contribution >= 4 is 23.7 Å². The third-order valence-corrected chi connectivity index (χ3v) is 3.25. The topological polar surface area (TPSA) is 97.1 Å². The molecular formula is C14H16N4O3S. The van der Waals surface area contributed by atoms with Crippen molar-refractivity contribution in [1.82, 2.24) is 20.8 Å². The van der Waals surface area contributed by atoms with E-state index in [1.807, 2.05) is 44.2 Å². The number of hydrogen-bond acceptors (Lipinski definition) is 6. The fourth-order valence-electron chi connectivity index (χ4n) is 1.55. The van der Waals surface area contributed by atoms with Gasteiger partial charge in [0.05, 0.1) is 5.75 Å². The zero-order chi connectivity index (χ0) is 15.9. The maximum Gasteiger partial charge on any atom is 0.321 e. The van der Waals surface area contributed by atoms with Crippen LogP contribution in [-0.2, 0) is 4.79 Å². The fourth-order valence-corrected chi connectivity index (χ4v) is 2.12. The summed E-state index contributed by atoms with van der Waals surface area (Å²) in [6, 6.07) is 8.78. The van der Waals surface area contributed by atoms with E-state index < -0.39 is 11.9 Å². The van der Waals surface area contributed by atoms with Crippen molar-refractivity contribution in [3.8, 4) is 11.5 Å². The second kappa shape index (κ2) is 7.60. The van der Waals surface area contributed by atoms with E-state index in [9.17, 15) is 9.59 Å². The molecule has 0 saturated heterocycles. The number of nitrogens with one attached hydrogen (secondary N) is 2. The molecule has 22 heavy (non-hydrogen) atoms. The first-order valence-corrected chi connectivity index (χ1v) is 7.65. The number of carbonyl (C=O) groups excluding carboxylic acids is 2. The Balaban J connectivity index is 1.84. The molecule has 116 valence electrons. The molecule has 0 spiro atoms. The molecule has 2 rings (SSSR count). The van der Waals surface area contributed by atoms with E-state index in [4.69, 9.17) is 4.42 Å². The molecule has 0 saturated carbocycles. The summed E-state index contributed by atoms with van der Waals surface area (Å²) in [5, 5.41) is 12.8. The molecule has 0 aliphatic heterocycles. The molecule has 0 unspecified atom stereocenters. The van der Waals surface area contributed by atoms with Crippen LogP contribution in [-0.4, -0.2) is 33.9 Å². The lowest BCUT2D eigenvalue weighted by molar-refractivity contribution is -0.117. The lowest BCUT2D eigenvalue weighted by atomic mass is 10.2. The van der Waals surface area contributed by atoms with Crippen molar-refractivity contribution in [3.63, 3.8) is 0 Å². The van der Waals surface area contributed by atoms with E-state index in [-0.39, 0.29) is 17.0 Å². The number of benzene rings is 1. The molecule has 8 heteroatoms. The zero-order valence-corrected chi connectivity index (χ0v) is 13.0. The van der Waals surface area contributed by atoms with Gasteiger partial charge in [0.1, 0.15) is 0 Å². The van der Waals surface area contributed by atoms with Gasteiger partial charge in [-0.25, -0.2) is 4.79 Å². The first-order chi connectivity index (χ1) is 10.5. The number of urea groups is 1. The number of carbonyl (C=O) groups is 2. The second-order valence-electron chi connectivity index (χ2n) is 4.70. The summed E-state index contributed by atoms with van der Waals surface area (Å²) >= 11 is 1.07. The lowest BCUT2D eigenvalue weighted by Gasteiger charge is -2.08. The molecule has 0 atom stereocenters. The van der Waals surface area contributed by atoms with Gasteiger partial charge in [-0.1, -0.05) is 30.0 Å². The van der Waals surface area contributed by atoms with Crippen LogP contribution < -0.4 is 10.6 Å². The minimum atomic E-state index is -0.517. The predicted molar refractivity (Wildman–Crippen MR) is 82.3 cm³/mol. The monoisotopic (exact) mass is 320 g/mol. The third kappa shape index (κ3) is 4.88. The van der Waals surface area contributed by atoms with Crippen molar-refractivity contribution < 1.29 is 14.0 Å². The van der Waals surface area contributed by atoms with E-state index in [0.29, 0.717) is 5.89 Å². The minimum Gasteiger partial charge on any atom is -0.411 e. The molecular weight excluding hydrogens is 304 g/mol. The van der Waals surface area contributed by atoms with Crippen molar-refractivity contribution in [2.24, 2.45) is 0 Å².